The molecule has 5 rings (SSSR count). The molecule has 0 saturated heterocycles. The molecular weight excluding hydrogens is 481 g/mol. The number of carbonyl (C=O) groups is 2. The third-order valence-corrected chi connectivity index (χ3v) is 6.84. The van der Waals surface area contributed by atoms with Crippen molar-refractivity contribution in [1.29, 1.82) is 0 Å². The maximum absolute atomic E-state index is 13.3. The minimum atomic E-state index is -0.497. The van der Waals surface area contributed by atoms with Gasteiger partial charge in [-0.15, -0.1) is 0 Å². The quantitative estimate of drug-likeness (QED) is 0.252. The maximum atomic E-state index is 13.3. The van der Waals surface area contributed by atoms with Gasteiger partial charge in [0.1, 0.15) is 11.6 Å². The van der Waals surface area contributed by atoms with Gasteiger partial charge >= 0.3 is 0 Å². The van der Waals surface area contributed by atoms with Crippen molar-refractivity contribution in [2.45, 2.75) is 45.6 Å². The lowest BCUT2D eigenvalue weighted by Crippen LogP contribution is -2.49. The van der Waals surface area contributed by atoms with E-state index in [4.69, 9.17) is 0 Å². The van der Waals surface area contributed by atoms with Gasteiger partial charge in [-0.25, -0.2) is 9.37 Å². The number of aryl methyl sites for hydroxylation is 1. The Morgan fingerprint density at radius 1 is 1.11 bits per heavy atom. The first kappa shape index (κ1) is 25.2. The molecule has 2 aromatic heterocycles. The molecule has 2 amide bonds. The van der Waals surface area contributed by atoms with E-state index in [9.17, 15) is 14.0 Å². The monoisotopic (exact) mass is 511 g/mol. The Balaban J connectivity index is 1.51. The first-order valence-electron chi connectivity index (χ1n) is 12.5. The highest BCUT2D eigenvalue weighted by Gasteiger charge is 2.35. The highest BCUT2D eigenvalue weighted by Crippen LogP contribution is 2.39. The minimum Gasteiger partial charge on any atom is -0.356 e. The fourth-order valence-electron chi connectivity index (χ4n) is 4.77. The average Bonchev–Trinajstić information content (AvgIpc) is 3.22. The van der Waals surface area contributed by atoms with Crippen LogP contribution in [0.25, 0.3) is 11.3 Å². The Labute approximate surface area is 220 Å². The largest absolute Gasteiger partial charge is 0.356 e. The van der Waals surface area contributed by atoms with Crippen molar-refractivity contribution in [3.8, 4) is 11.3 Å². The average molecular weight is 512 g/mol. The molecule has 38 heavy (non-hydrogen) atoms. The van der Waals surface area contributed by atoms with E-state index in [0.29, 0.717) is 29.1 Å². The summed E-state index contributed by atoms with van der Waals surface area (Å²) >= 11 is 0. The number of benzene rings is 2. The van der Waals surface area contributed by atoms with Gasteiger partial charge < -0.3 is 20.9 Å². The van der Waals surface area contributed by atoms with E-state index in [0.717, 1.165) is 28.2 Å². The number of nitrogens with zero attached hydrogens (tertiary/aromatic N) is 1. The molecule has 194 valence electrons. The standard InChI is InChI=1S/C30H30FN5O2/c1-17-7-5-6-8-22(17)33-27-25-23(16-30(3,4)36-29(25)38)34-26(27)20-13-14-32-24(15-20)35-28(37)18(2)19-9-11-21(31)12-10-19/h5-15,18,33-34H,16H2,1-4H3,(H,36,38)(H,32,35,37). The third kappa shape index (κ3) is 5.02. The van der Waals surface area contributed by atoms with Gasteiger partial charge in [-0.3, -0.25) is 9.59 Å². The first-order valence-corrected chi connectivity index (χ1v) is 12.5. The number of carbonyl (C=O) groups excluding carboxylic acids is 2. The van der Waals surface area contributed by atoms with Crippen molar-refractivity contribution >= 4 is 29.0 Å². The van der Waals surface area contributed by atoms with Crippen LogP contribution in [-0.4, -0.2) is 27.3 Å². The van der Waals surface area contributed by atoms with E-state index in [1.807, 2.05) is 51.1 Å². The molecule has 0 radical (unpaired) electrons. The summed E-state index contributed by atoms with van der Waals surface area (Å²) in [5, 5.41) is 9.44. The number of hydrogen-bond donors (Lipinski definition) is 4. The Bertz CT molecular complexity index is 1520. The zero-order valence-electron chi connectivity index (χ0n) is 21.8. The Morgan fingerprint density at radius 2 is 1.84 bits per heavy atom. The lowest BCUT2D eigenvalue weighted by molar-refractivity contribution is -0.117. The molecule has 1 unspecified atom stereocenters. The number of nitrogens with one attached hydrogen (secondary N) is 4. The molecule has 1 aliphatic rings. The smallest absolute Gasteiger partial charge is 0.255 e. The fourth-order valence-corrected chi connectivity index (χ4v) is 4.77. The Kier molecular flexibility index (Phi) is 6.48. The SMILES string of the molecule is Cc1ccccc1Nc1c(-c2ccnc(NC(=O)C(C)c3ccc(F)cc3)c2)[nH]c2c1C(=O)NC(C)(C)C2. The summed E-state index contributed by atoms with van der Waals surface area (Å²) in [6.07, 6.45) is 2.26. The zero-order valence-corrected chi connectivity index (χ0v) is 21.8. The van der Waals surface area contributed by atoms with E-state index in [2.05, 4.69) is 25.9 Å². The Hall–Kier alpha value is -4.46. The van der Waals surface area contributed by atoms with Gasteiger partial charge in [0.15, 0.2) is 0 Å². The van der Waals surface area contributed by atoms with E-state index in [1.54, 1.807) is 31.3 Å². The number of fused-ring (bicyclic) bond motifs is 1. The van der Waals surface area contributed by atoms with Crippen LogP contribution in [0, 0.1) is 12.7 Å². The molecule has 0 saturated carbocycles. The summed E-state index contributed by atoms with van der Waals surface area (Å²) in [5.74, 6) is -0.878. The Morgan fingerprint density at radius 3 is 2.58 bits per heavy atom. The lowest BCUT2D eigenvalue weighted by Gasteiger charge is -2.30. The summed E-state index contributed by atoms with van der Waals surface area (Å²) in [6.45, 7) is 7.75. The van der Waals surface area contributed by atoms with Crippen molar-refractivity contribution in [2.24, 2.45) is 0 Å². The molecule has 7 nitrogen and oxygen atoms in total. The van der Waals surface area contributed by atoms with Crippen LogP contribution in [-0.2, 0) is 11.2 Å². The van der Waals surface area contributed by atoms with Gasteiger partial charge in [0, 0.05) is 35.1 Å². The number of hydrogen-bond acceptors (Lipinski definition) is 4. The van der Waals surface area contributed by atoms with Gasteiger partial charge in [0.25, 0.3) is 5.91 Å². The molecule has 0 spiro atoms. The maximum Gasteiger partial charge on any atom is 0.255 e. The highest BCUT2D eigenvalue weighted by atomic mass is 19.1. The summed E-state index contributed by atoms with van der Waals surface area (Å²) in [5.41, 5.74) is 5.84. The molecule has 4 aromatic rings. The predicted octanol–water partition coefficient (Wildman–Crippen LogP) is 6.07. The van der Waals surface area contributed by atoms with Gasteiger partial charge in [0.05, 0.1) is 22.9 Å². The molecule has 0 fully saturated rings. The van der Waals surface area contributed by atoms with Crippen molar-refractivity contribution in [3.05, 3.63) is 95.1 Å². The van der Waals surface area contributed by atoms with Crippen LogP contribution in [0.2, 0.25) is 0 Å². The molecule has 1 aliphatic heterocycles. The van der Waals surface area contributed by atoms with Crippen LogP contribution in [0.5, 0.6) is 0 Å². The van der Waals surface area contributed by atoms with Crippen LogP contribution in [0.3, 0.4) is 0 Å². The fraction of sp³-hybridized carbons (Fsp3) is 0.233. The second-order valence-electron chi connectivity index (χ2n) is 10.4. The summed E-state index contributed by atoms with van der Waals surface area (Å²) in [4.78, 5) is 34.0. The first-order chi connectivity index (χ1) is 18.1. The number of pyridine rings is 1. The zero-order chi connectivity index (χ0) is 27.0. The van der Waals surface area contributed by atoms with Crippen molar-refractivity contribution in [1.82, 2.24) is 15.3 Å². The number of aromatic nitrogens is 2. The third-order valence-electron chi connectivity index (χ3n) is 6.84. The topological polar surface area (TPSA) is 98.9 Å². The van der Waals surface area contributed by atoms with Crippen LogP contribution < -0.4 is 16.0 Å². The van der Waals surface area contributed by atoms with Gasteiger partial charge in [-0.2, -0.15) is 0 Å². The van der Waals surface area contributed by atoms with E-state index < -0.39 is 5.92 Å². The van der Waals surface area contributed by atoms with Crippen molar-refractivity contribution in [2.75, 3.05) is 10.6 Å². The van der Waals surface area contributed by atoms with Crippen molar-refractivity contribution in [3.63, 3.8) is 0 Å². The molecular formula is C30H30FN5O2. The van der Waals surface area contributed by atoms with Gasteiger partial charge in [-0.1, -0.05) is 30.3 Å². The number of amides is 2. The number of anilines is 3. The number of aromatic amines is 1. The minimum absolute atomic E-state index is 0.148. The molecule has 0 aliphatic carbocycles. The van der Waals surface area contributed by atoms with Crippen LogP contribution in [0.15, 0.2) is 66.9 Å². The lowest BCUT2D eigenvalue weighted by atomic mass is 9.91. The van der Waals surface area contributed by atoms with Gasteiger partial charge in [-0.05, 0) is 69.2 Å². The van der Waals surface area contributed by atoms with Gasteiger partial charge in [0.2, 0.25) is 5.91 Å². The second kappa shape index (κ2) is 9.78. The van der Waals surface area contributed by atoms with Crippen LogP contribution in [0.1, 0.15) is 53.9 Å². The molecule has 3 heterocycles. The summed E-state index contributed by atoms with van der Waals surface area (Å²) < 4.78 is 13.3. The van der Waals surface area contributed by atoms with Crippen LogP contribution in [0.4, 0.5) is 21.6 Å². The highest BCUT2D eigenvalue weighted by molar-refractivity contribution is 6.07. The molecule has 0 bridgehead atoms. The number of halogens is 1. The number of H-pyrrole nitrogens is 1. The summed E-state index contributed by atoms with van der Waals surface area (Å²) in [7, 11) is 0. The molecule has 2 aromatic carbocycles. The molecule has 4 N–H and O–H groups in total. The summed E-state index contributed by atoms with van der Waals surface area (Å²) in [6, 6.07) is 17.4. The van der Waals surface area contributed by atoms with E-state index in [-0.39, 0.29) is 23.2 Å². The number of rotatable bonds is 6. The second-order valence-corrected chi connectivity index (χ2v) is 10.4. The van der Waals surface area contributed by atoms with E-state index in [1.165, 1.54) is 12.1 Å². The van der Waals surface area contributed by atoms with Crippen molar-refractivity contribution < 1.29 is 14.0 Å². The predicted molar refractivity (Wildman–Crippen MR) is 147 cm³/mol. The molecule has 8 heteroatoms. The van der Waals surface area contributed by atoms with E-state index >= 15 is 0 Å². The van der Waals surface area contributed by atoms with Crippen LogP contribution >= 0.6 is 0 Å². The molecule has 1 atom stereocenters. The number of para-hydroxylation sites is 1. The normalized spacial score (nSPS) is 14.8.